The zero-order valence-corrected chi connectivity index (χ0v) is 10.9. The fourth-order valence-corrected chi connectivity index (χ4v) is 1.92. The first kappa shape index (κ1) is 13.8. The smallest absolute Gasteiger partial charge is 0.124 e. The van der Waals surface area contributed by atoms with E-state index >= 15 is 0 Å². The van der Waals surface area contributed by atoms with Crippen molar-refractivity contribution in [3.05, 3.63) is 23.8 Å². The molecule has 3 nitrogen and oxygen atoms in total. The molecule has 0 fully saturated rings. The Kier molecular flexibility index (Phi) is 5.29. The van der Waals surface area contributed by atoms with Crippen LogP contribution in [0.4, 0.5) is 0 Å². The van der Waals surface area contributed by atoms with Gasteiger partial charge in [-0.3, -0.25) is 0 Å². The van der Waals surface area contributed by atoms with Gasteiger partial charge in [-0.05, 0) is 44.4 Å². The van der Waals surface area contributed by atoms with Crippen LogP contribution in [0.1, 0.15) is 45.2 Å². The molecule has 0 bridgehead atoms. The van der Waals surface area contributed by atoms with Crippen LogP contribution in [0.15, 0.2) is 18.2 Å². The summed E-state index contributed by atoms with van der Waals surface area (Å²) in [5.41, 5.74) is 0.581. The molecule has 3 N–H and O–H groups in total. The van der Waals surface area contributed by atoms with Crippen LogP contribution in [-0.2, 0) is 0 Å². The second-order valence-electron chi connectivity index (χ2n) is 4.92. The number of rotatable bonds is 6. The van der Waals surface area contributed by atoms with E-state index in [9.17, 15) is 10.2 Å². The summed E-state index contributed by atoms with van der Waals surface area (Å²) in [4.78, 5) is 0. The van der Waals surface area contributed by atoms with E-state index in [1.165, 1.54) is 6.42 Å². The number of benzene rings is 1. The van der Waals surface area contributed by atoms with Crippen molar-refractivity contribution >= 4 is 0 Å². The van der Waals surface area contributed by atoms with Crippen molar-refractivity contribution in [1.29, 1.82) is 0 Å². The molecule has 3 heteroatoms. The molecule has 1 aromatic carbocycles. The predicted octanol–water partition coefficient (Wildman–Crippen LogP) is 3.18. The van der Waals surface area contributed by atoms with Crippen LogP contribution in [0.5, 0.6) is 11.5 Å². The molecule has 0 spiro atoms. The Morgan fingerprint density at radius 3 is 2.24 bits per heavy atom. The number of nitrogens with one attached hydrogen (secondary N) is 1. The van der Waals surface area contributed by atoms with E-state index in [2.05, 4.69) is 19.2 Å². The van der Waals surface area contributed by atoms with E-state index < -0.39 is 0 Å². The minimum absolute atomic E-state index is 0.0386. The molecule has 0 aromatic heterocycles. The molecule has 0 saturated heterocycles. The molecule has 1 rings (SSSR count). The third-order valence-corrected chi connectivity index (χ3v) is 2.90. The Morgan fingerprint density at radius 1 is 1.12 bits per heavy atom. The van der Waals surface area contributed by atoms with Crippen molar-refractivity contribution in [3.8, 4) is 11.5 Å². The highest BCUT2D eigenvalue weighted by Gasteiger charge is 2.13. The minimum Gasteiger partial charge on any atom is -0.507 e. The van der Waals surface area contributed by atoms with E-state index in [1.54, 1.807) is 18.2 Å². The Bertz CT molecular complexity index is 330. The molecular weight excluding hydrogens is 214 g/mol. The van der Waals surface area contributed by atoms with Gasteiger partial charge in [0.2, 0.25) is 0 Å². The largest absolute Gasteiger partial charge is 0.507 e. The maximum absolute atomic E-state index is 9.71. The van der Waals surface area contributed by atoms with Gasteiger partial charge in [-0.2, -0.15) is 0 Å². The number of hydrogen-bond acceptors (Lipinski definition) is 3. The highest BCUT2D eigenvalue weighted by atomic mass is 16.3. The van der Waals surface area contributed by atoms with Crippen molar-refractivity contribution in [2.75, 3.05) is 6.54 Å². The fraction of sp³-hybridized carbons (Fsp3) is 0.571. The monoisotopic (exact) mass is 237 g/mol. The minimum atomic E-state index is -0.0386. The average molecular weight is 237 g/mol. The maximum atomic E-state index is 9.71. The van der Waals surface area contributed by atoms with Gasteiger partial charge in [0.25, 0.3) is 0 Å². The molecule has 0 radical (unpaired) electrons. The fourth-order valence-electron chi connectivity index (χ4n) is 1.92. The van der Waals surface area contributed by atoms with Gasteiger partial charge in [0, 0.05) is 6.04 Å². The number of phenols is 2. The second-order valence-corrected chi connectivity index (χ2v) is 4.92. The first-order valence-electron chi connectivity index (χ1n) is 6.26. The first-order valence-corrected chi connectivity index (χ1v) is 6.26. The van der Waals surface area contributed by atoms with E-state index in [1.807, 2.05) is 6.92 Å². The van der Waals surface area contributed by atoms with E-state index in [-0.39, 0.29) is 17.5 Å². The van der Waals surface area contributed by atoms with Gasteiger partial charge in [0.15, 0.2) is 0 Å². The first-order chi connectivity index (χ1) is 8.02. The summed E-state index contributed by atoms with van der Waals surface area (Å²) < 4.78 is 0. The molecule has 96 valence electrons. The summed E-state index contributed by atoms with van der Waals surface area (Å²) >= 11 is 0. The second kappa shape index (κ2) is 6.50. The molecule has 1 atom stereocenters. The lowest BCUT2D eigenvalue weighted by molar-refractivity contribution is 0.415. The molecular formula is C14H23NO2. The Morgan fingerprint density at radius 2 is 1.71 bits per heavy atom. The lowest BCUT2D eigenvalue weighted by atomic mass is 10.0. The third-order valence-electron chi connectivity index (χ3n) is 2.90. The highest BCUT2D eigenvalue weighted by molar-refractivity contribution is 5.44. The number of phenolic OH excluding ortho intramolecular Hbond substituents is 2. The lowest BCUT2D eigenvalue weighted by Crippen LogP contribution is -2.20. The molecule has 0 aliphatic heterocycles. The zero-order chi connectivity index (χ0) is 12.8. The van der Waals surface area contributed by atoms with Crippen LogP contribution in [0.2, 0.25) is 0 Å². The quantitative estimate of drug-likeness (QED) is 0.666. The number of aromatic hydroxyl groups is 2. The summed E-state index contributed by atoms with van der Waals surface area (Å²) in [7, 11) is 0. The Hall–Kier alpha value is -1.22. The topological polar surface area (TPSA) is 52.5 Å². The predicted molar refractivity (Wildman–Crippen MR) is 70.3 cm³/mol. The summed E-state index contributed by atoms with van der Waals surface area (Å²) in [6, 6.07) is 4.80. The van der Waals surface area contributed by atoms with Crippen molar-refractivity contribution in [1.82, 2.24) is 5.32 Å². The molecule has 1 aromatic rings. The van der Waals surface area contributed by atoms with Gasteiger partial charge in [-0.1, -0.05) is 19.9 Å². The van der Waals surface area contributed by atoms with Gasteiger partial charge in [-0.25, -0.2) is 0 Å². The van der Waals surface area contributed by atoms with Gasteiger partial charge in [0.05, 0.1) is 5.56 Å². The van der Waals surface area contributed by atoms with Gasteiger partial charge < -0.3 is 15.5 Å². The zero-order valence-electron chi connectivity index (χ0n) is 10.9. The van der Waals surface area contributed by atoms with Crippen LogP contribution in [-0.4, -0.2) is 16.8 Å². The van der Waals surface area contributed by atoms with Crippen molar-refractivity contribution < 1.29 is 10.2 Å². The van der Waals surface area contributed by atoms with Crippen molar-refractivity contribution in [2.24, 2.45) is 5.92 Å². The van der Waals surface area contributed by atoms with E-state index in [4.69, 9.17) is 0 Å². The van der Waals surface area contributed by atoms with E-state index in [0.717, 1.165) is 13.0 Å². The summed E-state index contributed by atoms with van der Waals surface area (Å²) in [6.07, 6.45) is 2.29. The summed E-state index contributed by atoms with van der Waals surface area (Å²) in [6.45, 7) is 7.26. The van der Waals surface area contributed by atoms with Crippen LogP contribution in [0.3, 0.4) is 0 Å². The Balaban J connectivity index is 2.49. The molecule has 17 heavy (non-hydrogen) atoms. The lowest BCUT2D eigenvalue weighted by Gasteiger charge is -2.17. The van der Waals surface area contributed by atoms with Crippen molar-refractivity contribution in [3.63, 3.8) is 0 Å². The SMILES string of the molecule is CC(C)CCCNC(C)c1c(O)cccc1O. The van der Waals surface area contributed by atoms with Gasteiger partial charge in [0.1, 0.15) is 11.5 Å². The van der Waals surface area contributed by atoms with E-state index in [0.29, 0.717) is 11.5 Å². The number of hydrogen-bond donors (Lipinski definition) is 3. The van der Waals surface area contributed by atoms with Gasteiger partial charge >= 0.3 is 0 Å². The van der Waals surface area contributed by atoms with Crippen LogP contribution in [0.25, 0.3) is 0 Å². The third kappa shape index (κ3) is 4.27. The molecule has 0 amide bonds. The summed E-state index contributed by atoms with van der Waals surface area (Å²) in [5, 5.41) is 22.7. The highest BCUT2D eigenvalue weighted by Crippen LogP contribution is 2.31. The molecule has 0 saturated carbocycles. The van der Waals surface area contributed by atoms with Gasteiger partial charge in [-0.15, -0.1) is 0 Å². The van der Waals surface area contributed by atoms with Crippen LogP contribution >= 0.6 is 0 Å². The molecule has 0 aliphatic rings. The summed E-state index contributed by atoms with van der Waals surface area (Å²) in [5.74, 6) is 1.01. The van der Waals surface area contributed by atoms with Crippen molar-refractivity contribution in [2.45, 2.75) is 39.7 Å². The molecule has 0 aliphatic carbocycles. The Labute approximate surface area is 103 Å². The standard InChI is InChI=1S/C14H23NO2/c1-10(2)6-5-9-15-11(3)14-12(16)7-4-8-13(14)17/h4,7-8,10-11,15-17H,5-6,9H2,1-3H3. The van der Waals surface area contributed by atoms with Crippen LogP contribution in [0, 0.1) is 5.92 Å². The average Bonchev–Trinajstić information content (AvgIpc) is 2.24. The maximum Gasteiger partial charge on any atom is 0.124 e. The normalized spacial score (nSPS) is 12.9. The molecule has 0 heterocycles. The van der Waals surface area contributed by atoms with Crippen LogP contribution < -0.4 is 5.32 Å². The molecule has 1 unspecified atom stereocenters.